The topological polar surface area (TPSA) is 46.2 Å². The Morgan fingerprint density at radius 2 is 1.84 bits per heavy atom. The van der Waals surface area contributed by atoms with E-state index in [-0.39, 0.29) is 23.6 Å². The summed E-state index contributed by atoms with van der Waals surface area (Å²) in [6.45, 7) is 1.83. The van der Waals surface area contributed by atoms with Gasteiger partial charge in [0.05, 0.1) is 11.5 Å². The lowest BCUT2D eigenvalue weighted by molar-refractivity contribution is 0.392. The summed E-state index contributed by atoms with van der Waals surface area (Å²) in [6, 6.07) is 1.80. The Labute approximate surface area is 109 Å². The van der Waals surface area contributed by atoms with Crippen molar-refractivity contribution in [2.24, 2.45) is 0 Å². The SMILES string of the molecule is CC1(NCc2cc(F)c(F)c(F)c2)CCS(=O)(=O)C1. The van der Waals surface area contributed by atoms with Crippen LogP contribution in [0.3, 0.4) is 0 Å². The van der Waals surface area contributed by atoms with E-state index in [9.17, 15) is 21.6 Å². The van der Waals surface area contributed by atoms with Gasteiger partial charge in [-0.15, -0.1) is 0 Å². The molecule has 19 heavy (non-hydrogen) atoms. The largest absolute Gasteiger partial charge is 0.306 e. The first-order chi connectivity index (χ1) is 8.71. The Hall–Kier alpha value is -1.08. The smallest absolute Gasteiger partial charge is 0.194 e. The molecule has 0 bridgehead atoms. The zero-order valence-electron chi connectivity index (χ0n) is 10.3. The van der Waals surface area contributed by atoms with Crippen molar-refractivity contribution in [1.82, 2.24) is 5.32 Å². The molecule has 1 fully saturated rings. The molecule has 1 aliphatic heterocycles. The minimum absolute atomic E-state index is 0.00778. The van der Waals surface area contributed by atoms with E-state index in [2.05, 4.69) is 5.32 Å². The fraction of sp³-hybridized carbons (Fsp3) is 0.500. The normalized spacial score (nSPS) is 25.7. The van der Waals surface area contributed by atoms with Crippen molar-refractivity contribution >= 4 is 9.84 Å². The number of nitrogens with one attached hydrogen (secondary N) is 1. The van der Waals surface area contributed by atoms with E-state index >= 15 is 0 Å². The molecular formula is C12H14F3NO2S. The molecule has 1 heterocycles. The Morgan fingerprint density at radius 1 is 1.26 bits per heavy atom. The highest BCUT2D eigenvalue weighted by atomic mass is 32.2. The zero-order chi connectivity index (χ0) is 14.3. The summed E-state index contributed by atoms with van der Waals surface area (Å²) in [5.74, 6) is -3.91. The third kappa shape index (κ3) is 3.27. The van der Waals surface area contributed by atoms with Crippen LogP contribution < -0.4 is 5.32 Å². The fourth-order valence-corrected chi connectivity index (χ4v) is 4.30. The molecule has 0 spiro atoms. The van der Waals surface area contributed by atoms with Gasteiger partial charge in [-0.25, -0.2) is 21.6 Å². The van der Waals surface area contributed by atoms with Crippen molar-refractivity contribution in [3.63, 3.8) is 0 Å². The van der Waals surface area contributed by atoms with Gasteiger partial charge >= 0.3 is 0 Å². The van der Waals surface area contributed by atoms with Crippen LogP contribution >= 0.6 is 0 Å². The Kier molecular flexibility index (Phi) is 3.61. The lowest BCUT2D eigenvalue weighted by atomic mass is 10.0. The van der Waals surface area contributed by atoms with Gasteiger partial charge in [0.1, 0.15) is 0 Å². The molecule has 1 atom stereocenters. The van der Waals surface area contributed by atoms with E-state index in [1.54, 1.807) is 6.92 Å². The predicted molar refractivity (Wildman–Crippen MR) is 64.8 cm³/mol. The van der Waals surface area contributed by atoms with Gasteiger partial charge in [-0.3, -0.25) is 0 Å². The van der Waals surface area contributed by atoms with Gasteiger partial charge < -0.3 is 5.32 Å². The third-order valence-electron chi connectivity index (χ3n) is 3.27. The van der Waals surface area contributed by atoms with Crippen molar-refractivity contribution in [3.8, 4) is 0 Å². The van der Waals surface area contributed by atoms with Crippen LogP contribution in [0.15, 0.2) is 12.1 Å². The molecule has 0 aliphatic carbocycles. The first-order valence-electron chi connectivity index (χ1n) is 5.80. The van der Waals surface area contributed by atoms with E-state index in [0.717, 1.165) is 12.1 Å². The molecule has 7 heteroatoms. The van der Waals surface area contributed by atoms with Crippen LogP contribution in [0.1, 0.15) is 18.9 Å². The molecule has 0 amide bonds. The molecule has 3 nitrogen and oxygen atoms in total. The van der Waals surface area contributed by atoms with Gasteiger partial charge in [0.2, 0.25) is 0 Å². The molecule has 1 N–H and O–H groups in total. The van der Waals surface area contributed by atoms with Crippen molar-refractivity contribution in [2.45, 2.75) is 25.4 Å². The van der Waals surface area contributed by atoms with E-state index in [1.807, 2.05) is 0 Å². The highest BCUT2D eigenvalue weighted by Crippen LogP contribution is 2.23. The average Bonchev–Trinajstić information content (AvgIpc) is 2.58. The first-order valence-corrected chi connectivity index (χ1v) is 7.62. The minimum Gasteiger partial charge on any atom is -0.306 e. The molecule has 1 unspecified atom stereocenters. The predicted octanol–water partition coefficient (Wildman–Crippen LogP) is 1.77. The molecule has 1 aromatic rings. The number of hydrogen-bond acceptors (Lipinski definition) is 3. The van der Waals surface area contributed by atoms with Gasteiger partial charge in [-0.05, 0) is 31.0 Å². The summed E-state index contributed by atoms with van der Waals surface area (Å²) in [5, 5.41) is 2.97. The summed E-state index contributed by atoms with van der Waals surface area (Å²) in [6.07, 6.45) is 0.446. The van der Waals surface area contributed by atoms with Crippen LogP contribution in [0.2, 0.25) is 0 Å². The zero-order valence-corrected chi connectivity index (χ0v) is 11.2. The lowest BCUT2D eigenvalue weighted by Crippen LogP contribution is -2.42. The number of benzene rings is 1. The molecule has 2 rings (SSSR count). The van der Waals surface area contributed by atoms with Gasteiger partial charge in [0.25, 0.3) is 0 Å². The van der Waals surface area contributed by atoms with Crippen LogP contribution in [-0.4, -0.2) is 25.5 Å². The maximum Gasteiger partial charge on any atom is 0.194 e. The van der Waals surface area contributed by atoms with Gasteiger partial charge in [-0.2, -0.15) is 0 Å². The van der Waals surface area contributed by atoms with Crippen molar-refractivity contribution in [2.75, 3.05) is 11.5 Å². The van der Waals surface area contributed by atoms with E-state index < -0.39 is 32.8 Å². The summed E-state index contributed by atoms with van der Waals surface area (Å²) < 4.78 is 61.6. The van der Waals surface area contributed by atoms with Gasteiger partial charge in [0.15, 0.2) is 27.3 Å². The third-order valence-corrected chi connectivity index (χ3v) is 5.17. The second kappa shape index (κ2) is 4.79. The van der Waals surface area contributed by atoms with E-state index in [1.165, 1.54) is 0 Å². The molecule has 0 radical (unpaired) electrons. The van der Waals surface area contributed by atoms with Crippen LogP contribution in [0.5, 0.6) is 0 Å². The number of hydrogen-bond donors (Lipinski definition) is 1. The Balaban J connectivity index is 2.08. The van der Waals surface area contributed by atoms with E-state index in [4.69, 9.17) is 0 Å². The van der Waals surface area contributed by atoms with E-state index in [0.29, 0.717) is 6.42 Å². The second-order valence-corrected chi connectivity index (χ2v) is 7.31. The number of sulfone groups is 1. The summed E-state index contributed by atoms with van der Waals surface area (Å²) >= 11 is 0. The summed E-state index contributed by atoms with van der Waals surface area (Å²) in [7, 11) is -3.05. The second-order valence-electron chi connectivity index (χ2n) is 5.13. The number of halogens is 3. The van der Waals surface area contributed by atoms with Crippen molar-refractivity contribution in [3.05, 3.63) is 35.1 Å². The van der Waals surface area contributed by atoms with Crippen molar-refractivity contribution in [1.29, 1.82) is 0 Å². The molecular weight excluding hydrogens is 279 g/mol. The van der Waals surface area contributed by atoms with Crippen LogP contribution in [-0.2, 0) is 16.4 Å². The monoisotopic (exact) mass is 293 g/mol. The number of rotatable bonds is 3. The maximum atomic E-state index is 13.0. The fourth-order valence-electron chi connectivity index (χ4n) is 2.18. The molecule has 1 aromatic carbocycles. The first kappa shape index (κ1) is 14.3. The van der Waals surface area contributed by atoms with Crippen LogP contribution in [0.4, 0.5) is 13.2 Å². The molecule has 1 saturated heterocycles. The summed E-state index contributed by atoms with van der Waals surface area (Å²) in [5.41, 5.74) is -0.373. The van der Waals surface area contributed by atoms with Crippen molar-refractivity contribution < 1.29 is 21.6 Å². The average molecular weight is 293 g/mol. The molecule has 0 aromatic heterocycles. The maximum absolute atomic E-state index is 13.0. The van der Waals surface area contributed by atoms with Crippen LogP contribution in [0, 0.1) is 17.5 Å². The highest BCUT2D eigenvalue weighted by molar-refractivity contribution is 7.91. The van der Waals surface area contributed by atoms with Crippen LogP contribution in [0.25, 0.3) is 0 Å². The molecule has 1 aliphatic rings. The standard InChI is InChI=1S/C12H14F3NO2S/c1-12(2-3-19(17,18)7-12)16-6-8-4-9(13)11(15)10(14)5-8/h4-5,16H,2-3,6-7H2,1H3. The quantitative estimate of drug-likeness (QED) is 0.864. The molecule has 106 valence electrons. The van der Waals surface area contributed by atoms with Gasteiger partial charge in [0, 0.05) is 12.1 Å². The minimum atomic E-state index is -3.05. The van der Waals surface area contributed by atoms with Gasteiger partial charge in [-0.1, -0.05) is 0 Å². The lowest BCUT2D eigenvalue weighted by Gasteiger charge is -2.24. The Morgan fingerprint density at radius 3 is 2.32 bits per heavy atom. The Bertz CT molecular complexity index is 580. The molecule has 0 saturated carbocycles. The summed E-state index contributed by atoms with van der Waals surface area (Å²) in [4.78, 5) is 0. The highest BCUT2D eigenvalue weighted by Gasteiger charge is 2.37.